The lowest BCUT2D eigenvalue weighted by Gasteiger charge is -2.14. The molecule has 0 saturated carbocycles. The van der Waals surface area contributed by atoms with Crippen LogP contribution >= 0.6 is 0 Å². The average Bonchev–Trinajstić information content (AvgIpc) is 2.39. The van der Waals surface area contributed by atoms with Crippen molar-refractivity contribution in [1.82, 2.24) is 4.98 Å². The molecule has 0 aliphatic rings. The number of aromatic nitrogens is 1. The molecule has 0 N–H and O–H groups in total. The lowest BCUT2D eigenvalue weighted by molar-refractivity contribution is 0.217. The quantitative estimate of drug-likeness (QED) is 0.823. The molecular formula is C15H14N2O. The fraction of sp³-hybridized carbons (Fsp3) is 0.200. The molecule has 18 heavy (non-hydrogen) atoms. The lowest BCUT2D eigenvalue weighted by Crippen LogP contribution is -2.04. The average molecular weight is 238 g/mol. The first-order valence-electron chi connectivity index (χ1n) is 5.79. The Bertz CT molecular complexity index is 570. The van der Waals surface area contributed by atoms with Crippen LogP contribution in [0.2, 0.25) is 0 Å². The standard InChI is InChI=1S/C15H14N2O/c1-11-6-8-13(9-7-11)12(2)18-15-5-3-4-14(10-16)17-15/h3-9,12H,1-2H3. The van der Waals surface area contributed by atoms with Crippen molar-refractivity contribution in [2.45, 2.75) is 20.0 Å². The van der Waals surface area contributed by atoms with Crippen LogP contribution in [-0.2, 0) is 0 Å². The zero-order valence-electron chi connectivity index (χ0n) is 10.4. The van der Waals surface area contributed by atoms with Gasteiger partial charge >= 0.3 is 0 Å². The van der Waals surface area contributed by atoms with Crippen molar-refractivity contribution in [2.24, 2.45) is 0 Å². The van der Waals surface area contributed by atoms with Crippen LogP contribution in [0, 0.1) is 18.3 Å². The highest BCUT2D eigenvalue weighted by molar-refractivity contribution is 5.27. The summed E-state index contributed by atoms with van der Waals surface area (Å²) in [6, 6.07) is 15.3. The molecule has 0 aliphatic heterocycles. The summed E-state index contributed by atoms with van der Waals surface area (Å²) in [5.74, 6) is 0.474. The SMILES string of the molecule is Cc1ccc(C(C)Oc2cccc(C#N)n2)cc1. The second-order valence-electron chi connectivity index (χ2n) is 4.14. The van der Waals surface area contributed by atoms with Crippen LogP contribution in [0.4, 0.5) is 0 Å². The summed E-state index contributed by atoms with van der Waals surface area (Å²) in [4.78, 5) is 4.09. The van der Waals surface area contributed by atoms with Gasteiger partial charge in [0.1, 0.15) is 17.9 Å². The van der Waals surface area contributed by atoms with Crippen molar-refractivity contribution in [2.75, 3.05) is 0 Å². The van der Waals surface area contributed by atoms with E-state index in [-0.39, 0.29) is 6.10 Å². The zero-order chi connectivity index (χ0) is 13.0. The van der Waals surface area contributed by atoms with E-state index in [1.807, 2.05) is 44.2 Å². The van der Waals surface area contributed by atoms with Gasteiger partial charge in [0, 0.05) is 6.07 Å². The molecule has 1 unspecified atom stereocenters. The van der Waals surface area contributed by atoms with Gasteiger partial charge in [0.15, 0.2) is 0 Å². The minimum atomic E-state index is -0.0907. The van der Waals surface area contributed by atoms with Crippen molar-refractivity contribution >= 4 is 0 Å². The first-order chi connectivity index (χ1) is 8.69. The van der Waals surface area contributed by atoms with Gasteiger partial charge in [0.25, 0.3) is 0 Å². The van der Waals surface area contributed by atoms with Gasteiger partial charge in [-0.05, 0) is 25.5 Å². The number of aryl methyl sites for hydroxylation is 1. The summed E-state index contributed by atoms with van der Waals surface area (Å²) < 4.78 is 5.72. The lowest BCUT2D eigenvalue weighted by atomic mass is 10.1. The van der Waals surface area contributed by atoms with Crippen molar-refractivity contribution in [3.63, 3.8) is 0 Å². The fourth-order valence-corrected chi connectivity index (χ4v) is 1.63. The molecule has 1 aromatic heterocycles. The number of ether oxygens (including phenoxy) is 1. The number of hydrogen-bond acceptors (Lipinski definition) is 3. The molecule has 1 heterocycles. The molecule has 0 radical (unpaired) electrons. The Labute approximate surface area is 107 Å². The summed E-state index contributed by atoms with van der Waals surface area (Å²) in [5, 5.41) is 8.78. The number of pyridine rings is 1. The van der Waals surface area contributed by atoms with Crippen LogP contribution in [0.5, 0.6) is 5.88 Å². The normalized spacial score (nSPS) is 11.6. The van der Waals surface area contributed by atoms with Crippen LogP contribution < -0.4 is 4.74 Å². The van der Waals surface area contributed by atoms with E-state index in [0.29, 0.717) is 11.6 Å². The summed E-state index contributed by atoms with van der Waals surface area (Å²) in [7, 11) is 0. The second kappa shape index (κ2) is 5.33. The van der Waals surface area contributed by atoms with Gasteiger partial charge in [-0.1, -0.05) is 35.9 Å². The topological polar surface area (TPSA) is 45.9 Å². The predicted octanol–water partition coefficient (Wildman–Crippen LogP) is 3.40. The minimum Gasteiger partial charge on any atom is -0.470 e. The molecule has 0 aliphatic carbocycles. The van der Waals surface area contributed by atoms with Crippen molar-refractivity contribution in [1.29, 1.82) is 5.26 Å². The highest BCUT2D eigenvalue weighted by Crippen LogP contribution is 2.20. The van der Waals surface area contributed by atoms with Gasteiger partial charge in [-0.2, -0.15) is 5.26 Å². The third kappa shape index (κ3) is 2.86. The summed E-state index contributed by atoms with van der Waals surface area (Å²) in [6.45, 7) is 4.01. The maximum atomic E-state index is 8.78. The Balaban J connectivity index is 2.13. The van der Waals surface area contributed by atoms with Crippen molar-refractivity contribution in [3.05, 3.63) is 59.3 Å². The van der Waals surface area contributed by atoms with E-state index in [1.54, 1.807) is 18.2 Å². The Kier molecular flexibility index (Phi) is 3.59. The van der Waals surface area contributed by atoms with Gasteiger partial charge in [-0.15, -0.1) is 0 Å². The molecule has 0 spiro atoms. The van der Waals surface area contributed by atoms with E-state index in [9.17, 15) is 0 Å². The third-order valence-electron chi connectivity index (χ3n) is 2.68. The summed E-state index contributed by atoms with van der Waals surface area (Å²) in [6.07, 6.45) is -0.0907. The van der Waals surface area contributed by atoms with Gasteiger partial charge in [0.05, 0.1) is 0 Å². The summed E-state index contributed by atoms with van der Waals surface area (Å²) in [5.41, 5.74) is 2.67. The highest BCUT2D eigenvalue weighted by Gasteiger charge is 2.08. The van der Waals surface area contributed by atoms with E-state index in [1.165, 1.54) is 5.56 Å². The maximum absolute atomic E-state index is 8.78. The van der Waals surface area contributed by atoms with E-state index in [0.717, 1.165) is 5.56 Å². The monoisotopic (exact) mass is 238 g/mol. The van der Waals surface area contributed by atoms with Gasteiger partial charge in [-0.3, -0.25) is 0 Å². The summed E-state index contributed by atoms with van der Waals surface area (Å²) >= 11 is 0. The number of hydrogen-bond donors (Lipinski definition) is 0. The molecule has 0 fully saturated rings. The van der Waals surface area contributed by atoms with Crippen LogP contribution in [0.15, 0.2) is 42.5 Å². The predicted molar refractivity (Wildman–Crippen MR) is 69.2 cm³/mol. The molecular weight excluding hydrogens is 224 g/mol. The molecule has 1 atom stereocenters. The molecule has 2 aromatic rings. The molecule has 3 nitrogen and oxygen atoms in total. The van der Waals surface area contributed by atoms with E-state index in [2.05, 4.69) is 4.98 Å². The smallest absolute Gasteiger partial charge is 0.215 e. The number of nitrogens with zero attached hydrogens (tertiary/aromatic N) is 2. The Morgan fingerprint density at radius 1 is 1.17 bits per heavy atom. The number of rotatable bonds is 3. The number of benzene rings is 1. The molecule has 1 aromatic carbocycles. The zero-order valence-corrected chi connectivity index (χ0v) is 10.4. The Hall–Kier alpha value is -2.34. The van der Waals surface area contributed by atoms with E-state index < -0.39 is 0 Å². The first-order valence-corrected chi connectivity index (χ1v) is 5.79. The van der Waals surface area contributed by atoms with E-state index >= 15 is 0 Å². The van der Waals surface area contributed by atoms with Gasteiger partial charge < -0.3 is 4.74 Å². The molecule has 90 valence electrons. The Morgan fingerprint density at radius 3 is 2.56 bits per heavy atom. The fourth-order valence-electron chi connectivity index (χ4n) is 1.63. The van der Waals surface area contributed by atoms with Crippen molar-refractivity contribution < 1.29 is 4.74 Å². The molecule has 0 bridgehead atoms. The van der Waals surface area contributed by atoms with Gasteiger partial charge in [-0.25, -0.2) is 4.98 Å². The van der Waals surface area contributed by atoms with Crippen LogP contribution in [0.25, 0.3) is 0 Å². The number of nitriles is 1. The third-order valence-corrected chi connectivity index (χ3v) is 2.68. The Morgan fingerprint density at radius 2 is 1.89 bits per heavy atom. The molecule has 0 amide bonds. The van der Waals surface area contributed by atoms with Gasteiger partial charge in [0.2, 0.25) is 5.88 Å². The maximum Gasteiger partial charge on any atom is 0.215 e. The minimum absolute atomic E-state index is 0.0907. The van der Waals surface area contributed by atoms with Crippen molar-refractivity contribution in [3.8, 4) is 11.9 Å². The van der Waals surface area contributed by atoms with Crippen LogP contribution in [0.3, 0.4) is 0 Å². The molecule has 3 heteroatoms. The largest absolute Gasteiger partial charge is 0.470 e. The van der Waals surface area contributed by atoms with E-state index in [4.69, 9.17) is 10.00 Å². The molecule has 0 saturated heterocycles. The highest BCUT2D eigenvalue weighted by atomic mass is 16.5. The van der Waals surface area contributed by atoms with Crippen LogP contribution in [-0.4, -0.2) is 4.98 Å². The first kappa shape index (κ1) is 12.1. The molecule has 2 rings (SSSR count). The van der Waals surface area contributed by atoms with Crippen LogP contribution in [0.1, 0.15) is 29.8 Å². The second-order valence-corrected chi connectivity index (χ2v) is 4.14.